The largest absolute Gasteiger partial charge is 0.468 e. The summed E-state index contributed by atoms with van der Waals surface area (Å²) in [5.74, 6) is -0.326. The zero-order chi connectivity index (χ0) is 14.0. The van der Waals surface area contributed by atoms with Gasteiger partial charge < -0.3 is 9.84 Å². The van der Waals surface area contributed by atoms with Crippen LogP contribution in [-0.4, -0.2) is 30.3 Å². The Labute approximate surface area is 117 Å². The van der Waals surface area contributed by atoms with Crippen LogP contribution in [0, 0.1) is 5.92 Å². The zero-order valence-corrected chi connectivity index (χ0v) is 11.8. The third-order valence-corrected chi connectivity index (χ3v) is 3.97. The molecule has 104 valence electrons. The van der Waals surface area contributed by atoms with Crippen LogP contribution in [0.25, 0.3) is 0 Å². The van der Waals surface area contributed by atoms with E-state index in [1.165, 1.54) is 7.11 Å². The number of esters is 1. The van der Waals surface area contributed by atoms with Crippen LogP contribution in [-0.2, 0) is 9.53 Å². The van der Waals surface area contributed by atoms with Gasteiger partial charge in [-0.1, -0.05) is 23.7 Å². The average molecular weight is 284 g/mol. The van der Waals surface area contributed by atoms with Crippen LogP contribution < -0.4 is 5.32 Å². The summed E-state index contributed by atoms with van der Waals surface area (Å²) in [6, 6.07) is 7.35. The summed E-state index contributed by atoms with van der Waals surface area (Å²) in [6.45, 7) is 1.82. The lowest BCUT2D eigenvalue weighted by Gasteiger charge is -2.22. The highest BCUT2D eigenvalue weighted by atomic mass is 35.5. The molecule has 3 unspecified atom stereocenters. The molecule has 3 atom stereocenters. The van der Waals surface area contributed by atoms with Gasteiger partial charge in [0.25, 0.3) is 0 Å². The predicted molar refractivity (Wildman–Crippen MR) is 72.9 cm³/mol. The summed E-state index contributed by atoms with van der Waals surface area (Å²) in [4.78, 5) is 11.8. The number of hydrogen-bond donors (Lipinski definition) is 2. The molecule has 1 fully saturated rings. The first-order chi connectivity index (χ1) is 9.00. The Kier molecular flexibility index (Phi) is 4.13. The topological polar surface area (TPSA) is 58.6 Å². The van der Waals surface area contributed by atoms with Crippen LogP contribution in [0.5, 0.6) is 0 Å². The third-order valence-electron chi connectivity index (χ3n) is 3.72. The van der Waals surface area contributed by atoms with Crippen molar-refractivity contribution >= 4 is 17.6 Å². The fraction of sp³-hybridized carbons (Fsp3) is 0.500. The molecular weight excluding hydrogens is 266 g/mol. The van der Waals surface area contributed by atoms with Gasteiger partial charge in [-0.25, -0.2) is 0 Å². The Morgan fingerprint density at radius 2 is 2.16 bits per heavy atom. The van der Waals surface area contributed by atoms with Gasteiger partial charge in [-0.3, -0.25) is 10.1 Å². The van der Waals surface area contributed by atoms with E-state index in [0.717, 1.165) is 5.56 Å². The second kappa shape index (κ2) is 5.49. The minimum Gasteiger partial charge on any atom is -0.468 e. The number of aliphatic hydroxyl groups excluding tert-OH is 1. The van der Waals surface area contributed by atoms with Crippen molar-refractivity contribution in [3.8, 4) is 0 Å². The maximum Gasteiger partial charge on any atom is 0.325 e. The lowest BCUT2D eigenvalue weighted by molar-refractivity contribution is -0.147. The third kappa shape index (κ3) is 2.76. The van der Waals surface area contributed by atoms with Crippen molar-refractivity contribution < 1.29 is 14.6 Å². The Morgan fingerprint density at radius 1 is 1.53 bits per heavy atom. The summed E-state index contributed by atoms with van der Waals surface area (Å²) < 4.78 is 4.83. The van der Waals surface area contributed by atoms with Crippen LogP contribution in [0.1, 0.15) is 24.9 Å². The quantitative estimate of drug-likeness (QED) is 0.832. The number of ether oxygens (including phenoxy) is 1. The van der Waals surface area contributed by atoms with Crippen molar-refractivity contribution in [3.05, 3.63) is 34.9 Å². The van der Waals surface area contributed by atoms with E-state index in [0.29, 0.717) is 11.4 Å². The molecule has 0 spiro atoms. The highest BCUT2D eigenvalue weighted by Crippen LogP contribution is 2.38. The van der Waals surface area contributed by atoms with Crippen LogP contribution >= 0.6 is 11.6 Å². The molecule has 1 aromatic carbocycles. The Hall–Kier alpha value is -1.10. The Bertz CT molecular complexity index is 462. The van der Waals surface area contributed by atoms with Gasteiger partial charge in [0.2, 0.25) is 0 Å². The highest BCUT2D eigenvalue weighted by molar-refractivity contribution is 6.30. The first-order valence-electron chi connectivity index (χ1n) is 6.22. The minimum atomic E-state index is -0.757. The van der Waals surface area contributed by atoms with E-state index >= 15 is 0 Å². The molecule has 0 aliphatic carbocycles. The molecule has 1 heterocycles. The summed E-state index contributed by atoms with van der Waals surface area (Å²) in [5, 5.41) is 13.5. The average Bonchev–Trinajstić information content (AvgIpc) is 2.77. The molecule has 1 aliphatic rings. The number of halogens is 1. The number of rotatable bonds is 3. The van der Waals surface area contributed by atoms with Crippen molar-refractivity contribution in [2.24, 2.45) is 5.92 Å². The molecule has 0 saturated carbocycles. The predicted octanol–water partition coefficient (Wildman–Crippen LogP) is 1.91. The number of carbonyl (C=O) groups excluding carboxylic acids is 1. The molecule has 1 saturated heterocycles. The normalized spacial score (nSPS) is 30.3. The summed E-state index contributed by atoms with van der Waals surface area (Å²) in [5.41, 5.74) is 0.253. The van der Waals surface area contributed by atoms with Gasteiger partial charge >= 0.3 is 5.97 Å². The number of methoxy groups -OCH3 is 1. The number of aliphatic hydroxyl groups is 1. The number of benzene rings is 1. The molecule has 0 bridgehead atoms. The molecule has 2 rings (SSSR count). The van der Waals surface area contributed by atoms with Crippen molar-refractivity contribution in [2.45, 2.75) is 24.9 Å². The van der Waals surface area contributed by atoms with Gasteiger partial charge in [-0.05, 0) is 31.0 Å². The smallest absolute Gasteiger partial charge is 0.325 e. The molecule has 5 heteroatoms. The summed E-state index contributed by atoms with van der Waals surface area (Å²) >= 11 is 5.87. The van der Waals surface area contributed by atoms with Crippen LogP contribution in [0.15, 0.2) is 24.3 Å². The maximum atomic E-state index is 11.8. The summed E-state index contributed by atoms with van der Waals surface area (Å²) in [7, 11) is 1.37. The van der Waals surface area contributed by atoms with Crippen molar-refractivity contribution in [2.75, 3.05) is 13.7 Å². The zero-order valence-electron chi connectivity index (χ0n) is 11.0. The van der Waals surface area contributed by atoms with E-state index in [2.05, 4.69) is 5.32 Å². The van der Waals surface area contributed by atoms with Gasteiger partial charge in [0.05, 0.1) is 7.11 Å². The molecule has 0 radical (unpaired) electrons. The van der Waals surface area contributed by atoms with E-state index in [1.807, 2.05) is 12.1 Å². The number of carbonyl (C=O) groups is 1. The van der Waals surface area contributed by atoms with E-state index in [-0.39, 0.29) is 24.5 Å². The molecule has 4 nitrogen and oxygen atoms in total. The fourth-order valence-electron chi connectivity index (χ4n) is 2.73. The van der Waals surface area contributed by atoms with Crippen LogP contribution in [0.4, 0.5) is 0 Å². The standard InChI is InChI=1S/C14H18ClNO3/c1-14(13(18)19-2)7-10(8-17)12(16-14)9-3-5-11(15)6-4-9/h3-6,10,12,16-17H,7-8H2,1-2H3. The lowest BCUT2D eigenvalue weighted by Crippen LogP contribution is -2.45. The SMILES string of the molecule is COC(=O)C1(C)CC(CO)C(c2ccc(Cl)cc2)N1. The second-order valence-electron chi connectivity index (χ2n) is 5.14. The van der Waals surface area contributed by atoms with Gasteiger partial charge in [-0.2, -0.15) is 0 Å². The molecular formula is C14H18ClNO3. The highest BCUT2D eigenvalue weighted by Gasteiger charge is 2.47. The second-order valence-corrected chi connectivity index (χ2v) is 5.58. The lowest BCUT2D eigenvalue weighted by atomic mass is 9.91. The first kappa shape index (κ1) is 14.3. The van der Waals surface area contributed by atoms with Crippen LogP contribution in [0.2, 0.25) is 5.02 Å². The van der Waals surface area contributed by atoms with E-state index < -0.39 is 5.54 Å². The van der Waals surface area contributed by atoms with Gasteiger partial charge in [0, 0.05) is 23.6 Å². The number of nitrogens with one attached hydrogen (secondary N) is 1. The Morgan fingerprint density at radius 3 is 2.68 bits per heavy atom. The van der Waals surface area contributed by atoms with E-state index in [1.54, 1.807) is 19.1 Å². The van der Waals surface area contributed by atoms with Gasteiger partial charge in [-0.15, -0.1) is 0 Å². The molecule has 19 heavy (non-hydrogen) atoms. The maximum absolute atomic E-state index is 11.8. The fourth-order valence-corrected chi connectivity index (χ4v) is 2.85. The monoisotopic (exact) mass is 283 g/mol. The molecule has 1 aliphatic heterocycles. The van der Waals surface area contributed by atoms with E-state index in [9.17, 15) is 9.90 Å². The molecule has 0 aromatic heterocycles. The van der Waals surface area contributed by atoms with E-state index in [4.69, 9.17) is 16.3 Å². The van der Waals surface area contributed by atoms with Gasteiger partial charge in [0.1, 0.15) is 5.54 Å². The molecule has 1 aromatic rings. The molecule has 2 N–H and O–H groups in total. The van der Waals surface area contributed by atoms with Crippen LogP contribution in [0.3, 0.4) is 0 Å². The summed E-state index contributed by atoms with van der Waals surface area (Å²) in [6.07, 6.45) is 0.545. The minimum absolute atomic E-state index is 0.0207. The molecule has 0 amide bonds. The number of hydrogen-bond acceptors (Lipinski definition) is 4. The first-order valence-corrected chi connectivity index (χ1v) is 6.60. The van der Waals surface area contributed by atoms with Crippen molar-refractivity contribution in [1.29, 1.82) is 0 Å². The van der Waals surface area contributed by atoms with Crippen molar-refractivity contribution in [3.63, 3.8) is 0 Å². The Balaban J connectivity index is 2.25. The van der Waals surface area contributed by atoms with Gasteiger partial charge in [0.15, 0.2) is 0 Å². The van der Waals surface area contributed by atoms with Crippen molar-refractivity contribution in [1.82, 2.24) is 5.32 Å².